The second-order valence-electron chi connectivity index (χ2n) is 4.96. The summed E-state index contributed by atoms with van der Waals surface area (Å²) in [6, 6.07) is 13.1. The summed E-state index contributed by atoms with van der Waals surface area (Å²) in [5, 5.41) is 4.03. The fourth-order valence-electron chi connectivity index (χ4n) is 2.18. The molecule has 0 fully saturated rings. The summed E-state index contributed by atoms with van der Waals surface area (Å²) in [4.78, 5) is 14.2. The van der Waals surface area contributed by atoms with Gasteiger partial charge in [0.25, 0.3) is 0 Å². The number of carbonyl (C=O) groups is 1. The van der Waals surface area contributed by atoms with Gasteiger partial charge in [-0.1, -0.05) is 35.3 Å². The second kappa shape index (κ2) is 7.52. The number of rotatable bonds is 5. The van der Waals surface area contributed by atoms with Gasteiger partial charge >= 0.3 is 0 Å². The van der Waals surface area contributed by atoms with Gasteiger partial charge in [0.2, 0.25) is 5.91 Å². The Morgan fingerprint density at radius 3 is 2.55 bits per heavy atom. The van der Waals surface area contributed by atoms with E-state index in [9.17, 15) is 4.79 Å². The zero-order valence-electron chi connectivity index (χ0n) is 12.6. The van der Waals surface area contributed by atoms with Crippen LogP contribution in [-0.4, -0.2) is 19.0 Å². The van der Waals surface area contributed by atoms with Crippen LogP contribution in [0.1, 0.15) is 12.5 Å². The number of halogens is 2. The van der Waals surface area contributed by atoms with E-state index in [1.165, 1.54) is 0 Å². The molecule has 22 heavy (non-hydrogen) atoms. The van der Waals surface area contributed by atoms with Crippen molar-refractivity contribution >= 4 is 40.5 Å². The summed E-state index contributed by atoms with van der Waals surface area (Å²) in [5.74, 6) is -0.000766. The molecular weight excluding hydrogens is 319 g/mol. The molecule has 0 spiro atoms. The molecule has 0 atom stereocenters. The minimum absolute atomic E-state index is 0.000766. The Kier molecular flexibility index (Phi) is 5.69. The Morgan fingerprint density at radius 2 is 1.91 bits per heavy atom. The summed E-state index contributed by atoms with van der Waals surface area (Å²) in [6.45, 7) is 4.78. The average molecular weight is 337 g/mol. The third-order valence-electron chi connectivity index (χ3n) is 3.29. The first-order valence-corrected chi connectivity index (χ1v) is 7.83. The van der Waals surface area contributed by atoms with E-state index >= 15 is 0 Å². The van der Waals surface area contributed by atoms with Crippen molar-refractivity contribution in [1.82, 2.24) is 0 Å². The third-order valence-corrected chi connectivity index (χ3v) is 4.03. The number of nitrogens with one attached hydrogen (secondary N) is 1. The number of hydrogen-bond acceptors (Lipinski definition) is 2. The molecule has 0 bridgehead atoms. The molecule has 0 aromatic heterocycles. The number of likely N-dealkylation sites (N-methyl/N-ethyl adjacent to an activating group) is 1. The molecule has 0 saturated heterocycles. The monoisotopic (exact) mass is 336 g/mol. The van der Waals surface area contributed by atoms with E-state index in [4.69, 9.17) is 23.2 Å². The summed E-state index contributed by atoms with van der Waals surface area (Å²) in [7, 11) is 0. The van der Waals surface area contributed by atoms with Gasteiger partial charge < -0.3 is 10.2 Å². The molecular formula is C17H18Cl2N2O. The Labute approximate surface area is 140 Å². The Balaban J connectivity index is 2.05. The number of amides is 1. The summed E-state index contributed by atoms with van der Waals surface area (Å²) in [6.07, 6.45) is 0. The SMILES string of the molecule is CCN(C(=O)CNc1ccc(Cl)c(Cl)c1)c1cccc(C)c1. The van der Waals surface area contributed by atoms with Gasteiger partial charge in [-0.05, 0) is 49.7 Å². The molecule has 0 aliphatic heterocycles. The van der Waals surface area contributed by atoms with Gasteiger partial charge in [0.05, 0.1) is 16.6 Å². The molecule has 2 rings (SSSR count). The lowest BCUT2D eigenvalue weighted by molar-refractivity contribution is -0.116. The number of aryl methyl sites for hydroxylation is 1. The highest BCUT2D eigenvalue weighted by Gasteiger charge is 2.13. The Morgan fingerprint density at radius 1 is 1.14 bits per heavy atom. The smallest absolute Gasteiger partial charge is 0.246 e. The van der Waals surface area contributed by atoms with Gasteiger partial charge in [-0.15, -0.1) is 0 Å². The highest BCUT2D eigenvalue weighted by molar-refractivity contribution is 6.42. The predicted octanol–water partition coefficient (Wildman–Crippen LogP) is 4.77. The number of anilines is 2. The molecule has 0 aliphatic carbocycles. The number of carbonyl (C=O) groups excluding carboxylic acids is 1. The van der Waals surface area contributed by atoms with Crippen LogP contribution in [-0.2, 0) is 4.79 Å². The number of hydrogen-bond donors (Lipinski definition) is 1. The topological polar surface area (TPSA) is 32.3 Å². The highest BCUT2D eigenvalue weighted by atomic mass is 35.5. The normalized spacial score (nSPS) is 10.4. The minimum atomic E-state index is -0.000766. The van der Waals surface area contributed by atoms with E-state index in [0.717, 1.165) is 16.9 Å². The molecule has 0 radical (unpaired) electrons. The standard InChI is InChI=1S/C17H18Cl2N2O/c1-3-21(14-6-4-5-12(2)9-14)17(22)11-20-13-7-8-15(18)16(19)10-13/h4-10,20H,3,11H2,1-2H3. The number of benzene rings is 2. The van der Waals surface area contributed by atoms with E-state index < -0.39 is 0 Å². The molecule has 1 N–H and O–H groups in total. The molecule has 0 aliphatic rings. The first-order chi connectivity index (χ1) is 10.5. The molecule has 1 amide bonds. The van der Waals surface area contributed by atoms with E-state index in [1.54, 1.807) is 23.1 Å². The maximum absolute atomic E-state index is 12.4. The predicted molar refractivity (Wildman–Crippen MR) is 94.2 cm³/mol. The van der Waals surface area contributed by atoms with Gasteiger partial charge in [0, 0.05) is 17.9 Å². The zero-order chi connectivity index (χ0) is 16.1. The molecule has 0 unspecified atom stereocenters. The average Bonchev–Trinajstić information content (AvgIpc) is 2.49. The van der Waals surface area contributed by atoms with Crippen LogP contribution < -0.4 is 10.2 Å². The number of nitrogens with zero attached hydrogens (tertiary/aromatic N) is 1. The van der Waals surface area contributed by atoms with Crippen LogP contribution in [0.25, 0.3) is 0 Å². The van der Waals surface area contributed by atoms with Crippen molar-refractivity contribution in [2.45, 2.75) is 13.8 Å². The minimum Gasteiger partial charge on any atom is -0.376 e. The zero-order valence-corrected chi connectivity index (χ0v) is 14.1. The lowest BCUT2D eigenvalue weighted by atomic mass is 10.2. The lowest BCUT2D eigenvalue weighted by Gasteiger charge is -2.22. The van der Waals surface area contributed by atoms with Gasteiger partial charge in [-0.25, -0.2) is 0 Å². The maximum atomic E-state index is 12.4. The first-order valence-electron chi connectivity index (χ1n) is 7.07. The van der Waals surface area contributed by atoms with Gasteiger partial charge in [-0.3, -0.25) is 4.79 Å². The molecule has 2 aromatic rings. The van der Waals surface area contributed by atoms with Crippen LogP contribution >= 0.6 is 23.2 Å². The Hall–Kier alpha value is -1.71. The van der Waals surface area contributed by atoms with Crippen LogP contribution in [0.15, 0.2) is 42.5 Å². The van der Waals surface area contributed by atoms with Crippen LogP contribution in [0, 0.1) is 6.92 Å². The molecule has 2 aromatic carbocycles. The Bertz CT molecular complexity index is 673. The third kappa shape index (κ3) is 4.15. The van der Waals surface area contributed by atoms with Crippen molar-refractivity contribution < 1.29 is 4.79 Å². The van der Waals surface area contributed by atoms with Crippen molar-refractivity contribution in [3.05, 3.63) is 58.1 Å². The fourth-order valence-corrected chi connectivity index (χ4v) is 2.48. The van der Waals surface area contributed by atoms with Crippen LogP contribution in [0.4, 0.5) is 11.4 Å². The van der Waals surface area contributed by atoms with E-state index in [-0.39, 0.29) is 12.5 Å². The maximum Gasteiger partial charge on any atom is 0.246 e. The van der Waals surface area contributed by atoms with Crippen LogP contribution in [0.3, 0.4) is 0 Å². The van der Waals surface area contributed by atoms with Crippen LogP contribution in [0.2, 0.25) is 10.0 Å². The summed E-state index contributed by atoms with van der Waals surface area (Å²) < 4.78 is 0. The molecule has 0 heterocycles. The quantitative estimate of drug-likeness (QED) is 0.853. The van der Waals surface area contributed by atoms with Crippen molar-refractivity contribution in [1.29, 1.82) is 0 Å². The fraction of sp³-hybridized carbons (Fsp3) is 0.235. The first kappa shape index (κ1) is 16.7. The van der Waals surface area contributed by atoms with Gasteiger partial charge in [-0.2, -0.15) is 0 Å². The van der Waals surface area contributed by atoms with Crippen molar-refractivity contribution in [2.24, 2.45) is 0 Å². The van der Waals surface area contributed by atoms with Gasteiger partial charge in [0.15, 0.2) is 0 Å². The van der Waals surface area contributed by atoms with Crippen LogP contribution in [0.5, 0.6) is 0 Å². The second-order valence-corrected chi connectivity index (χ2v) is 5.77. The van der Waals surface area contributed by atoms with Gasteiger partial charge in [0.1, 0.15) is 0 Å². The molecule has 5 heteroatoms. The molecule has 3 nitrogen and oxygen atoms in total. The van der Waals surface area contributed by atoms with Crippen molar-refractivity contribution in [2.75, 3.05) is 23.3 Å². The van der Waals surface area contributed by atoms with E-state index in [0.29, 0.717) is 16.6 Å². The summed E-state index contributed by atoms with van der Waals surface area (Å²) >= 11 is 11.8. The summed E-state index contributed by atoms with van der Waals surface area (Å²) in [5.41, 5.74) is 2.80. The molecule has 0 saturated carbocycles. The van der Waals surface area contributed by atoms with E-state index in [2.05, 4.69) is 5.32 Å². The molecule has 116 valence electrons. The van der Waals surface area contributed by atoms with Crippen molar-refractivity contribution in [3.63, 3.8) is 0 Å². The van der Waals surface area contributed by atoms with E-state index in [1.807, 2.05) is 38.1 Å². The largest absolute Gasteiger partial charge is 0.376 e. The lowest BCUT2D eigenvalue weighted by Crippen LogP contribution is -2.35. The van der Waals surface area contributed by atoms with Crippen molar-refractivity contribution in [3.8, 4) is 0 Å². The highest BCUT2D eigenvalue weighted by Crippen LogP contribution is 2.25.